The molecule has 2 heterocycles. The van der Waals surface area contributed by atoms with Gasteiger partial charge < -0.3 is 24.4 Å². The Balaban J connectivity index is 1.39. The molecule has 2 aliphatic rings. The molecule has 0 spiro atoms. The predicted octanol–water partition coefficient (Wildman–Crippen LogP) is 4.27. The SMILES string of the molecule is O=C(Cc1ccc(OC(F)(F)F)cc1)N[C@@H](Cc1ccc2c(c1)OC(F)(F)O2)CN1CCCC1. The summed E-state index contributed by atoms with van der Waals surface area (Å²) >= 11 is 0. The summed E-state index contributed by atoms with van der Waals surface area (Å²) in [7, 11) is 0. The smallest absolute Gasteiger partial charge is 0.406 e. The molecule has 2 aliphatic heterocycles. The van der Waals surface area contributed by atoms with Gasteiger partial charge in [-0.3, -0.25) is 4.79 Å². The van der Waals surface area contributed by atoms with E-state index in [2.05, 4.69) is 24.4 Å². The number of likely N-dealkylation sites (tertiary alicyclic amines) is 1. The molecule has 0 aliphatic carbocycles. The van der Waals surface area contributed by atoms with E-state index in [1.807, 2.05) is 0 Å². The van der Waals surface area contributed by atoms with Crippen molar-refractivity contribution in [2.75, 3.05) is 19.6 Å². The zero-order valence-electron chi connectivity index (χ0n) is 18.0. The van der Waals surface area contributed by atoms with Crippen molar-refractivity contribution < 1.29 is 41.0 Å². The number of benzene rings is 2. The van der Waals surface area contributed by atoms with Crippen LogP contribution in [-0.4, -0.2) is 49.1 Å². The average Bonchev–Trinajstić information content (AvgIpc) is 3.33. The zero-order valence-corrected chi connectivity index (χ0v) is 18.0. The molecule has 1 saturated heterocycles. The van der Waals surface area contributed by atoms with Gasteiger partial charge in [0.1, 0.15) is 5.75 Å². The van der Waals surface area contributed by atoms with Gasteiger partial charge in [0.05, 0.1) is 6.42 Å². The van der Waals surface area contributed by atoms with Crippen LogP contribution in [0.25, 0.3) is 0 Å². The van der Waals surface area contributed by atoms with Crippen LogP contribution < -0.4 is 19.5 Å². The highest BCUT2D eigenvalue weighted by Gasteiger charge is 2.43. The van der Waals surface area contributed by atoms with Gasteiger partial charge in [-0.2, -0.15) is 0 Å². The number of hydrogen-bond donors (Lipinski definition) is 1. The molecule has 0 saturated carbocycles. The van der Waals surface area contributed by atoms with Crippen molar-refractivity contribution in [3.63, 3.8) is 0 Å². The van der Waals surface area contributed by atoms with Crippen molar-refractivity contribution in [1.29, 1.82) is 0 Å². The Morgan fingerprint density at radius 2 is 1.68 bits per heavy atom. The van der Waals surface area contributed by atoms with Crippen LogP contribution in [0.4, 0.5) is 22.0 Å². The molecule has 11 heteroatoms. The number of nitrogens with zero attached hydrogens (tertiary/aromatic N) is 1. The largest absolute Gasteiger partial charge is 0.586 e. The molecule has 1 atom stereocenters. The summed E-state index contributed by atoms with van der Waals surface area (Å²) in [5.41, 5.74) is 1.22. The van der Waals surface area contributed by atoms with E-state index in [0.717, 1.165) is 38.1 Å². The van der Waals surface area contributed by atoms with Crippen LogP contribution in [0.1, 0.15) is 24.0 Å². The summed E-state index contributed by atoms with van der Waals surface area (Å²) in [5, 5.41) is 2.97. The molecule has 1 amide bonds. The highest BCUT2D eigenvalue weighted by Crippen LogP contribution is 2.41. The Morgan fingerprint density at radius 3 is 2.35 bits per heavy atom. The maximum atomic E-state index is 13.3. The van der Waals surface area contributed by atoms with E-state index in [1.54, 1.807) is 6.07 Å². The summed E-state index contributed by atoms with van der Waals surface area (Å²) in [4.78, 5) is 14.9. The number of rotatable bonds is 8. The second-order valence-corrected chi connectivity index (χ2v) is 8.29. The van der Waals surface area contributed by atoms with Crippen LogP contribution >= 0.6 is 0 Å². The topological polar surface area (TPSA) is 60.0 Å². The van der Waals surface area contributed by atoms with Crippen molar-refractivity contribution >= 4 is 5.91 Å². The monoisotopic (exact) mass is 486 g/mol. The third-order valence-corrected chi connectivity index (χ3v) is 5.51. The number of hydrogen-bond acceptors (Lipinski definition) is 5. The number of ether oxygens (including phenoxy) is 3. The molecule has 0 unspecified atom stereocenters. The number of amides is 1. The first-order chi connectivity index (χ1) is 16.0. The number of fused-ring (bicyclic) bond motifs is 1. The van der Waals surface area contributed by atoms with Gasteiger partial charge in [0, 0.05) is 12.6 Å². The van der Waals surface area contributed by atoms with Crippen LogP contribution in [-0.2, 0) is 17.6 Å². The number of nitrogens with one attached hydrogen (secondary N) is 1. The van der Waals surface area contributed by atoms with E-state index >= 15 is 0 Å². The molecule has 2 aromatic rings. The number of carbonyl (C=O) groups excluding carboxylic acids is 1. The summed E-state index contributed by atoms with van der Waals surface area (Å²) in [6.07, 6.45) is -6.02. The minimum Gasteiger partial charge on any atom is -0.406 e. The van der Waals surface area contributed by atoms with E-state index in [4.69, 9.17) is 0 Å². The van der Waals surface area contributed by atoms with E-state index < -0.39 is 12.7 Å². The van der Waals surface area contributed by atoms with Gasteiger partial charge in [-0.25, -0.2) is 0 Å². The lowest BCUT2D eigenvalue weighted by Crippen LogP contribution is -2.45. The van der Waals surface area contributed by atoms with Crippen molar-refractivity contribution in [1.82, 2.24) is 10.2 Å². The second kappa shape index (κ2) is 9.65. The number of carbonyl (C=O) groups is 1. The molecule has 0 aromatic heterocycles. The Labute approximate surface area is 192 Å². The molecular weight excluding hydrogens is 463 g/mol. The molecule has 2 aromatic carbocycles. The van der Waals surface area contributed by atoms with E-state index in [9.17, 15) is 26.7 Å². The molecule has 0 bridgehead atoms. The third-order valence-electron chi connectivity index (χ3n) is 5.51. The maximum absolute atomic E-state index is 13.3. The lowest BCUT2D eigenvalue weighted by Gasteiger charge is -2.25. The molecule has 34 heavy (non-hydrogen) atoms. The maximum Gasteiger partial charge on any atom is 0.586 e. The van der Waals surface area contributed by atoms with Gasteiger partial charge in [0.25, 0.3) is 0 Å². The zero-order chi connectivity index (χ0) is 24.3. The summed E-state index contributed by atoms with van der Waals surface area (Å²) < 4.78 is 76.3. The molecule has 4 rings (SSSR count). The minimum absolute atomic E-state index is 0.0316. The van der Waals surface area contributed by atoms with E-state index in [1.165, 1.54) is 24.3 Å². The average molecular weight is 486 g/mol. The van der Waals surface area contributed by atoms with Gasteiger partial charge >= 0.3 is 12.7 Å². The fourth-order valence-electron chi connectivity index (χ4n) is 4.12. The van der Waals surface area contributed by atoms with Crippen molar-refractivity contribution in [3.05, 3.63) is 53.6 Å². The van der Waals surface area contributed by atoms with Crippen LogP contribution in [0.3, 0.4) is 0 Å². The Kier molecular flexibility index (Phi) is 6.83. The van der Waals surface area contributed by atoms with Gasteiger partial charge in [-0.15, -0.1) is 22.0 Å². The van der Waals surface area contributed by atoms with Crippen LogP contribution in [0.2, 0.25) is 0 Å². The lowest BCUT2D eigenvalue weighted by molar-refractivity contribution is -0.286. The third kappa shape index (κ3) is 6.72. The quantitative estimate of drug-likeness (QED) is 0.565. The Morgan fingerprint density at radius 1 is 1.03 bits per heavy atom. The van der Waals surface area contributed by atoms with Gasteiger partial charge in [-0.1, -0.05) is 18.2 Å². The second-order valence-electron chi connectivity index (χ2n) is 8.29. The number of halogens is 5. The molecule has 1 fully saturated rings. The van der Waals surface area contributed by atoms with Crippen LogP contribution in [0.5, 0.6) is 17.2 Å². The Hall–Kier alpha value is -3.08. The fraction of sp³-hybridized carbons (Fsp3) is 0.435. The summed E-state index contributed by atoms with van der Waals surface area (Å²) in [6, 6.07) is 9.32. The first-order valence-corrected chi connectivity index (χ1v) is 10.8. The number of alkyl halides is 5. The van der Waals surface area contributed by atoms with Crippen LogP contribution in [0.15, 0.2) is 42.5 Å². The van der Waals surface area contributed by atoms with Gasteiger partial charge in [0.15, 0.2) is 11.5 Å². The highest BCUT2D eigenvalue weighted by atomic mass is 19.4. The Bertz CT molecular complexity index is 1010. The molecular formula is C23H23F5N2O4. The van der Waals surface area contributed by atoms with Crippen molar-refractivity contribution in [2.24, 2.45) is 0 Å². The minimum atomic E-state index is -4.79. The first-order valence-electron chi connectivity index (χ1n) is 10.8. The van der Waals surface area contributed by atoms with E-state index in [-0.39, 0.29) is 35.6 Å². The van der Waals surface area contributed by atoms with Gasteiger partial charge in [-0.05, 0) is 67.7 Å². The van der Waals surface area contributed by atoms with E-state index in [0.29, 0.717) is 24.1 Å². The summed E-state index contributed by atoms with van der Waals surface area (Å²) in [6.45, 7) is 2.38. The molecule has 184 valence electrons. The van der Waals surface area contributed by atoms with Crippen molar-refractivity contribution in [2.45, 2.75) is 44.4 Å². The fourth-order valence-corrected chi connectivity index (χ4v) is 4.12. The summed E-state index contributed by atoms with van der Waals surface area (Å²) in [5.74, 6) is -0.778. The highest BCUT2D eigenvalue weighted by molar-refractivity contribution is 5.79. The standard InChI is InChI=1S/C23H23F5N2O4/c24-22(25,26)32-18-6-3-15(4-7-18)13-21(31)29-17(14-30-9-1-2-10-30)11-16-5-8-19-20(12-16)34-23(27,28)33-19/h3-8,12,17H,1-2,9-11,13-14H2,(H,29,31)/t17-/m0/s1. The molecule has 1 N–H and O–H groups in total. The van der Waals surface area contributed by atoms with Gasteiger partial charge in [0.2, 0.25) is 5.91 Å². The molecule has 6 nitrogen and oxygen atoms in total. The predicted molar refractivity (Wildman–Crippen MR) is 111 cm³/mol. The lowest BCUT2D eigenvalue weighted by atomic mass is 10.0. The normalized spacial score (nSPS) is 18.0. The first kappa shape index (κ1) is 24.1. The van der Waals surface area contributed by atoms with Crippen LogP contribution in [0, 0.1) is 0 Å². The van der Waals surface area contributed by atoms with Crippen molar-refractivity contribution in [3.8, 4) is 17.2 Å². The molecule has 0 radical (unpaired) electrons.